The van der Waals surface area contributed by atoms with E-state index in [-0.39, 0.29) is 29.9 Å². The average molecular weight is 480 g/mol. The first kappa shape index (κ1) is 23.7. The highest BCUT2D eigenvalue weighted by Gasteiger charge is 2.42. The highest BCUT2D eigenvalue weighted by molar-refractivity contribution is 8.14. The summed E-state index contributed by atoms with van der Waals surface area (Å²) >= 11 is 1.16. The highest BCUT2D eigenvalue weighted by Crippen LogP contribution is 2.33. The molecule has 0 saturated heterocycles. The maximum atomic E-state index is 13.2. The van der Waals surface area contributed by atoms with Gasteiger partial charge in [-0.2, -0.15) is 0 Å². The number of carbonyl (C=O) groups excluding carboxylic acids is 3. The Kier molecular flexibility index (Phi) is 7.71. The van der Waals surface area contributed by atoms with Crippen molar-refractivity contribution in [2.45, 2.75) is 19.0 Å². The van der Waals surface area contributed by atoms with Gasteiger partial charge in [-0.3, -0.25) is 19.4 Å². The van der Waals surface area contributed by atoms with Crippen LogP contribution in [0, 0.1) is 0 Å². The Morgan fingerprint density at radius 2 is 1.82 bits per heavy atom. The second kappa shape index (κ2) is 11.1. The van der Waals surface area contributed by atoms with Gasteiger partial charge in [-0.05, 0) is 17.7 Å². The van der Waals surface area contributed by atoms with E-state index in [9.17, 15) is 14.4 Å². The zero-order valence-electron chi connectivity index (χ0n) is 18.7. The molecule has 2 aromatic carbocycles. The van der Waals surface area contributed by atoms with Gasteiger partial charge < -0.3 is 15.4 Å². The predicted octanol–water partition coefficient (Wildman–Crippen LogP) is 1.85. The summed E-state index contributed by atoms with van der Waals surface area (Å²) in [6.07, 6.45) is -0.0662. The molecular weight excluding hydrogens is 454 g/mol. The number of methoxy groups -OCH3 is 1. The number of fused-ring (bicyclic) bond motifs is 3. The van der Waals surface area contributed by atoms with Crippen LogP contribution in [0.3, 0.4) is 0 Å². The molecule has 0 saturated carbocycles. The third-order valence-electron chi connectivity index (χ3n) is 5.22. The third-order valence-corrected chi connectivity index (χ3v) is 6.16. The Morgan fingerprint density at radius 3 is 2.62 bits per heavy atom. The molecule has 1 unspecified atom stereocenters. The standard InChI is InChI=1S/C24H25N5O4S/c1-33-12-11-25-21(31)15-34-24-28-18-10-6-5-9-17(18)22-27-19(23(32)29(22)24)13-20(30)26-14-16-7-3-2-4-8-16/h2-10,19H,11-15H2,1H3,(H,25,31)(H,26,30). The number of hydrogen-bond donors (Lipinski definition) is 2. The molecular formula is C24H25N5O4S. The van der Waals surface area contributed by atoms with Gasteiger partial charge in [0.1, 0.15) is 11.9 Å². The fourth-order valence-corrected chi connectivity index (χ4v) is 4.38. The van der Waals surface area contributed by atoms with Crippen LogP contribution < -0.4 is 10.6 Å². The molecule has 0 fully saturated rings. The second-order valence-electron chi connectivity index (χ2n) is 7.65. The van der Waals surface area contributed by atoms with Crippen LogP contribution in [0.25, 0.3) is 0 Å². The number of ether oxygens (including phenoxy) is 1. The van der Waals surface area contributed by atoms with Crippen molar-refractivity contribution in [2.75, 3.05) is 26.0 Å². The topological polar surface area (TPSA) is 112 Å². The van der Waals surface area contributed by atoms with E-state index in [2.05, 4.69) is 20.6 Å². The second-order valence-corrected chi connectivity index (χ2v) is 8.59. The first-order chi connectivity index (χ1) is 16.6. The SMILES string of the molecule is COCCNC(=O)CSC1=Nc2ccccc2C2=NC(CC(=O)NCc3ccccc3)C(=O)N12. The maximum absolute atomic E-state index is 13.2. The Bertz CT molecular complexity index is 1140. The van der Waals surface area contributed by atoms with E-state index in [1.807, 2.05) is 54.6 Å². The van der Waals surface area contributed by atoms with Crippen LogP contribution in [-0.4, -0.2) is 65.7 Å². The Labute approximate surface area is 201 Å². The summed E-state index contributed by atoms with van der Waals surface area (Å²) in [5.74, 6) is -0.234. The number of thioether (sulfide) groups is 1. The summed E-state index contributed by atoms with van der Waals surface area (Å²) in [6.45, 7) is 1.20. The first-order valence-corrected chi connectivity index (χ1v) is 11.8. The molecule has 176 valence electrons. The molecule has 2 aliphatic heterocycles. The van der Waals surface area contributed by atoms with E-state index in [0.29, 0.717) is 36.4 Å². The molecule has 0 radical (unpaired) electrons. The van der Waals surface area contributed by atoms with Gasteiger partial charge in [0, 0.05) is 25.8 Å². The van der Waals surface area contributed by atoms with Crippen LogP contribution >= 0.6 is 11.8 Å². The molecule has 10 heteroatoms. The zero-order chi connectivity index (χ0) is 23.9. The van der Waals surface area contributed by atoms with Gasteiger partial charge in [-0.15, -0.1) is 0 Å². The molecule has 0 aliphatic carbocycles. The number of carbonyl (C=O) groups is 3. The fraction of sp³-hybridized carbons (Fsp3) is 0.292. The summed E-state index contributed by atoms with van der Waals surface area (Å²) in [6, 6.07) is 16.1. The van der Waals surface area contributed by atoms with E-state index < -0.39 is 6.04 Å². The van der Waals surface area contributed by atoms with Gasteiger partial charge in [0.15, 0.2) is 5.17 Å². The fourth-order valence-electron chi connectivity index (χ4n) is 3.55. The maximum Gasteiger partial charge on any atom is 0.259 e. The number of hydrogen-bond acceptors (Lipinski definition) is 7. The van der Waals surface area contributed by atoms with Crippen LogP contribution in [0.1, 0.15) is 17.5 Å². The van der Waals surface area contributed by atoms with E-state index in [0.717, 1.165) is 22.9 Å². The summed E-state index contributed by atoms with van der Waals surface area (Å²) in [5, 5.41) is 5.97. The van der Waals surface area contributed by atoms with Crippen LogP contribution in [0.2, 0.25) is 0 Å². The number of amides is 3. The average Bonchev–Trinajstić information content (AvgIpc) is 3.18. The largest absolute Gasteiger partial charge is 0.383 e. The van der Waals surface area contributed by atoms with Gasteiger partial charge in [-0.25, -0.2) is 9.89 Å². The van der Waals surface area contributed by atoms with Crippen molar-refractivity contribution >= 4 is 46.2 Å². The summed E-state index contributed by atoms with van der Waals surface area (Å²) in [4.78, 5) is 48.5. The number of benzene rings is 2. The van der Waals surface area contributed by atoms with Crippen LogP contribution in [-0.2, 0) is 25.7 Å². The van der Waals surface area contributed by atoms with Crippen molar-refractivity contribution in [3.8, 4) is 0 Å². The molecule has 4 rings (SSSR count). The molecule has 0 bridgehead atoms. The Hall–Kier alpha value is -3.50. The van der Waals surface area contributed by atoms with E-state index in [4.69, 9.17) is 4.74 Å². The number of para-hydroxylation sites is 1. The van der Waals surface area contributed by atoms with Crippen LogP contribution in [0.4, 0.5) is 5.69 Å². The molecule has 9 nitrogen and oxygen atoms in total. The van der Waals surface area contributed by atoms with Gasteiger partial charge in [0.25, 0.3) is 5.91 Å². The smallest absolute Gasteiger partial charge is 0.259 e. The lowest BCUT2D eigenvalue weighted by Crippen LogP contribution is -2.42. The molecule has 34 heavy (non-hydrogen) atoms. The summed E-state index contributed by atoms with van der Waals surface area (Å²) in [5.41, 5.74) is 2.36. The van der Waals surface area contributed by atoms with E-state index in [1.54, 1.807) is 7.11 Å². The highest BCUT2D eigenvalue weighted by atomic mass is 32.2. The number of rotatable bonds is 9. The molecule has 3 amide bonds. The molecule has 2 aliphatic rings. The van der Waals surface area contributed by atoms with E-state index in [1.165, 1.54) is 4.90 Å². The molecule has 2 heterocycles. The third kappa shape index (κ3) is 5.52. The van der Waals surface area contributed by atoms with Crippen molar-refractivity contribution < 1.29 is 19.1 Å². The van der Waals surface area contributed by atoms with Crippen molar-refractivity contribution in [1.82, 2.24) is 15.5 Å². The van der Waals surface area contributed by atoms with Crippen LogP contribution in [0.5, 0.6) is 0 Å². The summed E-state index contributed by atoms with van der Waals surface area (Å²) < 4.78 is 4.94. The van der Waals surface area contributed by atoms with Gasteiger partial charge >= 0.3 is 0 Å². The van der Waals surface area contributed by atoms with Crippen LogP contribution in [0.15, 0.2) is 64.6 Å². The quantitative estimate of drug-likeness (QED) is 0.533. The van der Waals surface area contributed by atoms with Crippen molar-refractivity contribution in [2.24, 2.45) is 9.98 Å². The van der Waals surface area contributed by atoms with Gasteiger partial charge in [0.2, 0.25) is 11.8 Å². The minimum absolute atomic E-state index is 0.0662. The van der Waals surface area contributed by atoms with Gasteiger partial charge in [-0.1, -0.05) is 54.2 Å². The minimum atomic E-state index is -0.849. The first-order valence-electron chi connectivity index (χ1n) is 10.9. The monoisotopic (exact) mass is 479 g/mol. The number of nitrogens with one attached hydrogen (secondary N) is 2. The van der Waals surface area contributed by atoms with Crippen molar-refractivity contribution in [3.05, 3.63) is 65.7 Å². The number of nitrogens with zero attached hydrogens (tertiary/aromatic N) is 3. The minimum Gasteiger partial charge on any atom is -0.383 e. The summed E-state index contributed by atoms with van der Waals surface area (Å²) in [7, 11) is 1.56. The normalized spacial score (nSPS) is 16.3. The molecule has 2 aromatic rings. The Morgan fingerprint density at radius 1 is 1.06 bits per heavy atom. The molecule has 2 N–H and O–H groups in total. The molecule has 0 aromatic heterocycles. The van der Waals surface area contributed by atoms with Crippen molar-refractivity contribution in [3.63, 3.8) is 0 Å². The predicted molar refractivity (Wildman–Crippen MR) is 131 cm³/mol. The molecule has 0 spiro atoms. The lowest BCUT2D eigenvalue weighted by molar-refractivity contribution is -0.128. The van der Waals surface area contributed by atoms with Gasteiger partial charge in [0.05, 0.1) is 24.5 Å². The number of aliphatic imine (C=N–C) groups is 2. The van der Waals surface area contributed by atoms with E-state index >= 15 is 0 Å². The lowest BCUT2D eigenvalue weighted by atomic mass is 10.1. The van der Waals surface area contributed by atoms with Crippen molar-refractivity contribution in [1.29, 1.82) is 0 Å². The Balaban J connectivity index is 1.45. The molecule has 1 atom stereocenters. The zero-order valence-corrected chi connectivity index (χ0v) is 19.5. The lowest BCUT2D eigenvalue weighted by Gasteiger charge is -2.25. The number of amidine groups is 2.